The maximum absolute atomic E-state index is 13.9. The van der Waals surface area contributed by atoms with Crippen LogP contribution < -0.4 is 10.2 Å². The van der Waals surface area contributed by atoms with Crippen LogP contribution in [0, 0.1) is 5.82 Å². The third-order valence-electron chi connectivity index (χ3n) is 6.31. The van der Waals surface area contributed by atoms with Gasteiger partial charge in [-0.15, -0.1) is 0 Å². The van der Waals surface area contributed by atoms with Crippen LogP contribution in [0.2, 0.25) is 0 Å². The number of benzene rings is 3. The number of hydrogen-bond donors (Lipinski definition) is 1. The van der Waals surface area contributed by atoms with Gasteiger partial charge in [0.2, 0.25) is 5.91 Å². The highest BCUT2D eigenvalue weighted by atomic mass is 19.1. The molecule has 36 heavy (non-hydrogen) atoms. The lowest BCUT2D eigenvalue weighted by Crippen LogP contribution is -2.46. The maximum Gasteiger partial charge on any atom is 0.248 e. The van der Waals surface area contributed by atoms with Gasteiger partial charge in [0, 0.05) is 61.3 Å². The lowest BCUT2D eigenvalue weighted by Gasteiger charge is -2.36. The lowest BCUT2D eigenvalue weighted by atomic mass is 10.1. The summed E-state index contributed by atoms with van der Waals surface area (Å²) >= 11 is 0. The first-order valence-electron chi connectivity index (χ1n) is 12.1. The summed E-state index contributed by atoms with van der Waals surface area (Å²) in [5.74, 6) is 1.02. The molecule has 5 nitrogen and oxygen atoms in total. The van der Waals surface area contributed by atoms with Gasteiger partial charge in [-0.3, -0.25) is 9.69 Å². The van der Waals surface area contributed by atoms with Gasteiger partial charge < -0.3 is 14.6 Å². The van der Waals surface area contributed by atoms with Crippen LogP contribution in [0.25, 0.3) is 17.4 Å². The van der Waals surface area contributed by atoms with Crippen molar-refractivity contribution in [1.29, 1.82) is 0 Å². The van der Waals surface area contributed by atoms with Gasteiger partial charge in [-0.25, -0.2) is 4.39 Å². The number of nitrogens with zero attached hydrogens (tertiary/aromatic N) is 2. The first kappa shape index (κ1) is 23.6. The third-order valence-corrected chi connectivity index (χ3v) is 6.31. The van der Waals surface area contributed by atoms with Crippen molar-refractivity contribution < 1.29 is 13.6 Å². The molecular weight excluding hydrogens is 453 g/mol. The average molecular weight is 482 g/mol. The number of piperazine rings is 1. The molecular formula is C30H28FN3O2. The van der Waals surface area contributed by atoms with E-state index in [2.05, 4.69) is 15.1 Å². The standard InChI is InChI=1S/C30H28FN3O2/c31-28-9-5-4-8-24(28)22-33-18-20-34(21-19-33)26-12-10-25(11-13-26)32-30(35)17-15-27-14-16-29(36-27)23-6-2-1-3-7-23/h1-17H,18-22H2,(H,32,35)/b17-15+. The smallest absolute Gasteiger partial charge is 0.248 e. The fourth-order valence-electron chi connectivity index (χ4n) is 4.33. The third kappa shape index (κ3) is 5.90. The molecule has 0 bridgehead atoms. The zero-order valence-corrected chi connectivity index (χ0v) is 19.9. The molecule has 2 heterocycles. The van der Waals surface area contributed by atoms with Crippen molar-refractivity contribution in [2.24, 2.45) is 0 Å². The van der Waals surface area contributed by atoms with Crippen LogP contribution in [0.1, 0.15) is 11.3 Å². The van der Waals surface area contributed by atoms with E-state index in [0.29, 0.717) is 12.3 Å². The van der Waals surface area contributed by atoms with Crippen molar-refractivity contribution in [3.8, 4) is 11.3 Å². The summed E-state index contributed by atoms with van der Waals surface area (Å²) in [6.07, 6.45) is 3.13. The predicted molar refractivity (Wildman–Crippen MR) is 142 cm³/mol. The molecule has 1 saturated heterocycles. The second kappa shape index (κ2) is 11.1. The summed E-state index contributed by atoms with van der Waals surface area (Å²) in [6, 6.07) is 28.4. The molecule has 1 aliphatic heterocycles. The predicted octanol–water partition coefficient (Wildman–Crippen LogP) is 6.06. The topological polar surface area (TPSA) is 48.7 Å². The van der Waals surface area contributed by atoms with Crippen LogP contribution >= 0.6 is 0 Å². The van der Waals surface area contributed by atoms with Gasteiger partial charge in [-0.2, -0.15) is 0 Å². The summed E-state index contributed by atoms with van der Waals surface area (Å²) < 4.78 is 19.7. The molecule has 1 N–H and O–H groups in total. The van der Waals surface area contributed by atoms with Crippen LogP contribution in [0.3, 0.4) is 0 Å². The molecule has 1 aromatic heterocycles. The molecule has 0 atom stereocenters. The Morgan fingerprint density at radius 3 is 2.33 bits per heavy atom. The Hall–Kier alpha value is -4.16. The average Bonchev–Trinajstić information content (AvgIpc) is 3.40. The second-order valence-electron chi connectivity index (χ2n) is 8.79. The number of anilines is 2. The van der Waals surface area contributed by atoms with Crippen LogP contribution in [-0.2, 0) is 11.3 Å². The van der Waals surface area contributed by atoms with Crippen molar-refractivity contribution in [2.75, 3.05) is 36.4 Å². The van der Waals surface area contributed by atoms with Crippen molar-refractivity contribution in [1.82, 2.24) is 4.90 Å². The monoisotopic (exact) mass is 481 g/mol. The van der Waals surface area contributed by atoms with Crippen LogP contribution in [-0.4, -0.2) is 37.0 Å². The normalized spacial score (nSPS) is 14.3. The Morgan fingerprint density at radius 1 is 0.861 bits per heavy atom. The number of amides is 1. The number of furan rings is 1. The maximum atomic E-state index is 13.9. The Balaban J connectivity index is 1.11. The van der Waals surface area contributed by atoms with E-state index < -0.39 is 0 Å². The van der Waals surface area contributed by atoms with Crippen molar-refractivity contribution in [3.05, 3.63) is 114 Å². The molecule has 0 saturated carbocycles. The number of rotatable bonds is 7. The quantitative estimate of drug-likeness (QED) is 0.326. The van der Waals surface area contributed by atoms with E-state index in [0.717, 1.165) is 54.4 Å². The number of carbonyl (C=O) groups is 1. The zero-order valence-electron chi connectivity index (χ0n) is 19.9. The molecule has 0 unspecified atom stereocenters. The van der Waals surface area contributed by atoms with Gasteiger partial charge in [-0.1, -0.05) is 48.5 Å². The van der Waals surface area contributed by atoms with Crippen LogP contribution in [0.4, 0.5) is 15.8 Å². The van der Waals surface area contributed by atoms with Gasteiger partial charge in [0.15, 0.2) is 0 Å². The SMILES string of the molecule is O=C(/C=C/c1ccc(-c2ccccc2)o1)Nc1ccc(N2CCN(Cc3ccccc3F)CC2)cc1. The Morgan fingerprint density at radius 2 is 1.58 bits per heavy atom. The van der Waals surface area contributed by atoms with E-state index in [1.54, 1.807) is 12.1 Å². The zero-order chi connectivity index (χ0) is 24.7. The highest BCUT2D eigenvalue weighted by Gasteiger charge is 2.18. The highest BCUT2D eigenvalue weighted by molar-refractivity contribution is 6.01. The van der Waals surface area contributed by atoms with E-state index in [1.807, 2.05) is 78.9 Å². The Bertz CT molecular complexity index is 1320. The molecule has 1 aliphatic rings. The molecule has 5 rings (SSSR count). The second-order valence-corrected chi connectivity index (χ2v) is 8.79. The molecule has 4 aromatic rings. The Labute approximate surface area is 210 Å². The summed E-state index contributed by atoms with van der Waals surface area (Å²) in [4.78, 5) is 17.0. The molecule has 1 amide bonds. The van der Waals surface area contributed by atoms with Gasteiger partial charge in [-0.05, 0) is 48.5 Å². The molecule has 1 fully saturated rings. The number of nitrogens with one attached hydrogen (secondary N) is 1. The molecule has 3 aromatic carbocycles. The van der Waals surface area contributed by atoms with Gasteiger partial charge in [0.25, 0.3) is 0 Å². The summed E-state index contributed by atoms with van der Waals surface area (Å²) in [7, 11) is 0. The Kier molecular flexibility index (Phi) is 7.24. The highest BCUT2D eigenvalue weighted by Crippen LogP contribution is 2.23. The van der Waals surface area contributed by atoms with Gasteiger partial charge in [0.05, 0.1) is 0 Å². The molecule has 182 valence electrons. The molecule has 6 heteroatoms. The van der Waals surface area contributed by atoms with Crippen LogP contribution in [0.15, 0.2) is 101 Å². The van der Waals surface area contributed by atoms with E-state index >= 15 is 0 Å². The van der Waals surface area contributed by atoms with E-state index in [1.165, 1.54) is 12.1 Å². The van der Waals surface area contributed by atoms with E-state index in [4.69, 9.17) is 4.42 Å². The van der Waals surface area contributed by atoms with Crippen molar-refractivity contribution in [3.63, 3.8) is 0 Å². The number of halogens is 1. The fraction of sp³-hybridized carbons (Fsp3) is 0.167. The van der Waals surface area contributed by atoms with Gasteiger partial charge in [0.1, 0.15) is 17.3 Å². The van der Waals surface area contributed by atoms with Crippen molar-refractivity contribution in [2.45, 2.75) is 6.54 Å². The largest absolute Gasteiger partial charge is 0.457 e. The van der Waals surface area contributed by atoms with E-state index in [9.17, 15) is 9.18 Å². The first-order valence-corrected chi connectivity index (χ1v) is 12.1. The fourth-order valence-corrected chi connectivity index (χ4v) is 4.33. The summed E-state index contributed by atoms with van der Waals surface area (Å²) in [5, 5.41) is 2.89. The van der Waals surface area contributed by atoms with Crippen LogP contribution in [0.5, 0.6) is 0 Å². The molecule has 0 radical (unpaired) electrons. The molecule has 0 aliphatic carbocycles. The lowest BCUT2D eigenvalue weighted by molar-refractivity contribution is -0.111. The minimum absolute atomic E-state index is 0.145. The van der Waals surface area contributed by atoms with Gasteiger partial charge >= 0.3 is 0 Å². The molecule has 0 spiro atoms. The minimum atomic E-state index is -0.220. The van der Waals surface area contributed by atoms with E-state index in [-0.39, 0.29) is 11.7 Å². The minimum Gasteiger partial charge on any atom is -0.457 e. The summed E-state index contributed by atoms with van der Waals surface area (Å²) in [5.41, 5.74) is 3.58. The first-order chi connectivity index (χ1) is 17.6. The number of hydrogen-bond acceptors (Lipinski definition) is 4. The number of carbonyl (C=O) groups excluding carboxylic acids is 1. The summed E-state index contributed by atoms with van der Waals surface area (Å²) in [6.45, 7) is 4.12. The van der Waals surface area contributed by atoms with Crippen molar-refractivity contribution >= 4 is 23.4 Å².